The molecule has 2 nitrogen and oxygen atoms in total. The first-order valence-corrected chi connectivity index (χ1v) is 7.57. The zero-order valence-corrected chi connectivity index (χ0v) is 12.1. The first-order chi connectivity index (χ1) is 10.3. The fraction of sp³-hybridized carbons (Fsp3) is 0.333. The molecular weight excluding hydrogens is 263 g/mol. The fourth-order valence-corrected chi connectivity index (χ4v) is 2.94. The normalized spacial score (nSPS) is 19.6. The lowest BCUT2D eigenvalue weighted by atomic mass is 10.0. The second-order valence-corrected chi connectivity index (χ2v) is 5.54. The second-order valence-electron chi connectivity index (χ2n) is 5.54. The van der Waals surface area contributed by atoms with Crippen molar-refractivity contribution in [1.82, 2.24) is 10.2 Å². The molecule has 2 aromatic rings. The van der Waals surface area contributed by atoms with Crippen molar-refractivity contribution in [3.63, 3.8) is 0 Å². The third-order valence-corrected chi connectivity index (χ3v) is 4.14. The Bertz CT molecular complexity index is 553. The molecule has 0 saturated carbocycles. The molecule has 1 unspecified atom stereocenters. The van der Waals surface area contributed by atoms with E-state index in [1.807, 2.05) is 12.1 Å². The van der Waals surface area contributed by atoms with Crippen LogP contribution in [0.3, 0.4) is 0 Å². The molecule has 0 spiro atoms. The van der Waals surface area contributed by atoms with Crippen LogP contribution in [0, 0.1) is 5.82 Å². The summed E-state index contributed by atoms with van der Waals surface area (Å²) >= 11 is 0. The van der Waals surface area contributed by atoms with Gasteiger partial charge in [0.2, 0.25) is 0 Å². The van der Waals surface area contributed by atoms with Crippen molar-refractivity contribution in [1.29, 1.82) is 0 Å². The van der Waals surface area contributed by atoms with Crippen LogP contribution in [0.5, 0.6) is 0 Å². The molecule has 1 saturated heterocycles. The van der Waals surface area contributed by atoms with Crippen LogP contribution in [-0.4, -0.2) is 31.1 Å². The van der Waals surface area contributed by atoms with E-state index in [1.54, 1.807) is 12.1 Å². The molecule has 3 rings (SSSR count). The highest BCUT2D eigenvalue weighted by Gasteiger charge is 2.22. The summed E-state index contributed by atoms with van der Waals surface area (Å²) in [5.41, 5.74) is 2.56. The number of hydrogen-bond donors (Lipinski definition) is 1. The van der Waals surface area contributed by atoms with Gasteiger partial charge < -0.3 is 5.32 Å². The van der Waals surface area contributed by atoms with Crippen LogP contribution in [0.2, 0.25) is 0 Å². The van der Waals surface area contributed by atoms with Gasteiger partial charge in [0.05, 0.1) is 0 Å². The SMILES string of the molecule is Fc1ccc(CCN2CCNCC2c2ccccc2)cc1. The summed E-state index contributed by atoms with van der Waals surface area (Å²) in [4.78, 5) is 2.52. The lowest BCUT2D eigenvalue weighted by Crippen LogP contribution is -2.46. The second kappa shape index (κ2) is 6.83. The summed E-state index contributed by atoms with van der Waals surface area (Å²) in [6.45, 7) is 4.09. The van der Waals surface area contributed by atoms with E-state index in [-0.39, 0.29) is 5.82 Å². The van der Waals surface area contributed by atoms with Crippen LogP contribution in [0.1, 0.15) is 17.2 Å². The fourth-order valence-electron chi connectivity index (χ4n) is 2.94. The molecule has 0 radical (unpaired) electrons. The standard InChI is InChI=1S/C18H21FN2/c19-17-8-6-15(7-9-17)10-12-21-13-11-20-14-18(21)16-4-2-1-3-5-16/h1-9,18,20H,10-14H2. The highest BCUT2D eigenvalue weighted by Crippen LogP contribution is 2.22. The summed E-state index contributed by atoms with van der Waals surface area (Å²) in [6, 6.07) is 17.9. The number of nitrogens with one attached hydrogen (secondary N) is 1. The largest absolute Gasteiger partial charge is 0.314 e. The van der Waals surface area contributed by atoms with E-state index < -0.39 is 0 Å². The highest BCUT2D eigenvalue weighted by molar-refractivity contribution is 5.21. The van der Waals surface area contributed by atoms with Crippen molar-refractivity contribution < 1.29 is 4.39 Å². The number of nitrogens with zero attached hydrogens (tertiary/aromatic N) is 1. The first-order valence-electron chi connectivity index (χ1n) is 7.57. The predicted octanol–water partition coefficient (Wildman–Crippen LogP) is 3.01. The van der Waals surface area contributed by atoms with Crippen LogP contribution in [0.15, 0.2) is 54.6 Å². The van der Waals surface area contributed by atoms with E-state index in [0.29, 0.717) is 6.04 Å². The zero-order valence-electron chi connectivity index (χ0n) is 12.1. The van der Waals surface area contributed by atoms with Gasteiger partial charge in [-0.15, -0.1) is 0 Å². The Morgan fingerprint density at radius 2 is 1.81 bits per heavy atom. The lowest BCUT2D eigenvalue weighted by molar-refractivity contribution is 0.164. The predicted molar refractivity (Wildman–Crippen MR) is 83.7 cm³/mol. The van der Waals surface area contributed by atoms with E-state index in [2.05, 4.69) is 40.5 Å². The molecule has 0 aliphatic carbocycles. The van der Waals surface area contributed by atoms with Crippen LogP contribution in [0.25, 0.3) is 0 Å². The van der Waals surface area contributed by atoms with E-state index >= 15 is 0 Å². The van der Waals surface area contributed by atoms with Gasteiger partial charge in [-0.25, -0.2) is 4.39 Å². The molecule has 1 heterocycles. The number of hydrogen-bond acceptors (Lipinski definition) is 2. The van der Waals surface area contributed by atoms with Gasteiger partial charge in [-0.3, -0.25) is 4.90 Å². The van der Waals surface area contributed by atoms with Gasteiger partial charge in [0, 0.05) is 32.2 Å². The van der Waals surface area contributed by atoms with Crippen LogP contribution in [0.4, 0.5) is 4.39 Å². The minimum absolute atomic E-state index is 0.164. The van der Waals surface area contributed by atoms with Crippen LogP contribution in [-0.2, 0) is 6.42 Å². The van der Waals surface area contributed by atoms with Crippen molar-refractivity contribution in [3.05, 3.63) is 71.5 Å². The van der Waals surface area contributed by atoms with Crippen LogP contribution >= 0.6 is 0 Å². The maximum absolute atomic E-state index is 12.9. The molecular formula is C18H21FN2. The van der Waals surface area contributed by atoms with Crippen molar-refractivity contribution in [2.45, 2.75) is 12.5 Å². The van der Waals surface area contributed by atoms with Gasteiger partial charge in [-0.1, -0.05) is 42.5 Å². The summed E-state index contributed by atoms with van der Waals surface area (Å²) in [7, 11) is 0. The summed E-state index contributed by atoms with van der Waals surface area (Å²) in [6.07, 6.45) is 0.962. The Hall–Kier alpha value is -1.71. The zero-order chi connectivity index (χ0) is 14.5. The molecule has 110 valence electrons. The quantitative estimate of drug-likeness (QED) is 0.928. The molecule has 0 aromatic heterocycles. The first kappa shape index (κ1) is 14.2. The Morgan fingerprint density at radius 3 is 2.57 bits per heavy atom. The summed E-state index contributed by atoms with van der Waals surface area (Å²) in [5, 5.41) is 3.48. The average Bonchev–Trinajstić information content (AvgIpc) is 2.55. The molecule has 1 aliphatic rings. The van der Waals surface area contributed by atoms with E-state index in [4.69, 9.17) is 0 Å². The Kier molecular flexibility index (Phi) is 4.63. The van der Waals surface area contributed by atoms with Gasteiger partial charge in [-0.2, -0.15) is 0 Å². The van der Waals surface area contributed by atoms with Gasteiger partial charge in [0.1, 0.15) is 5.82 Å². The number of rotatable bonds is 4. The van der Waals surface area contributed by atoms with Crippen LogP contribution < -0.4 is 5.32 Å². The highest BCUT2D eigenvalue weighted by atomic mass is 19.1. The maximum Gasteiger partial charge on any atom is 0.123 e. The number of benzene rings is 2. The molecule has 0 bridgehead atoms. The monoisotopic (exact) mass is 284 g/mol. The van der Waals surface area contributed by atoms with Crippen molar-refractivity contribution >= 4 is 0 Å². The van der Waals surface area contributed by atoms with Gasteiger partial charge in [0.15, 0.2) is 0 Å². The maximum atomic E-state index is 12.9. The molecule has 3 heteroatoms. The molecule has 1 fully saturated rings. The molecule has 21 heavy (non-hydrogen) atoms. The van der Waals surface area contributed by atoms with Crippen molar-refractivity contribution in [3.8, 4) is 0 Å². The van der Waals surface area contributed by atoms with Crippen molar-refractivity contribution in [2.24, 2.45) is 0 Å². The average molecular weight is 284 g/mol. The molecule has 1 N–H and O–H groups in total. The Balaban J connectivity index is 1.66. The summed E-state index contributed by atoms with van der Waals surface area (Å²) in [5.74, 6) is -0.164. The third kappa shape index (κ3) is 3.69. The lowest BCUT2D eigenvalue weighted by Gasteiger charge is -2.36. The smallest absolute Gasteiger partial charge is 0.123 e. The van der Waals surface area contributed by atoms with E-state index in [0.717, 1.165) is 32.6 Å². The molecule has 2 aromatic carbocycles. The third-order valence-electron chi connectivity index (χ3n) is 4.14. The van der Waals surface area contributed by atoms with Gasteiger partial charge in [-0.05, 0) is 29.7 Å². The molecule has 1 aliphatic heterocycles. The van der Waals surface area contributed by atoms with Gasteiger partial charge >= 0.3 is 0 Å². The minimum atomic E-state index is -0.164. The molecule has 1 atom stereocenters. The van der Waals surface area contributed by atoms with E-state index in [9.17, 15) is 4.39 Å². The summed E-state index contributed by atoms with van der Waals surface area (Å²) < 4.78 is 12.9. The minimum Gasteiger partial charge on any atom is -0.314 e. The Labute approximate surface area is 125 Å². The van der Waals surface area contributed by atoms with Gasteiger partial charge in [0.25, 0.3) is 0 Å². The van der Waals surface area contributed by atoms with E-state index in [1.165, 1.54) is 11.1 Å². The Morgan fingerprint density at radius 1 is 1.05 bits per heavy atom. The number of halogens is 1. The topological polar surface area (TPSA) is 15.3 Å². The van der Waals surface area contributed by atoms with Crippen molar-refractivity contribution in [2.75, 3.05) is 26.2 Å². The molecule has 0 amide bonds. The number of piperazine rings is 1.